The van der Waals surface area contributed by atoms with Gasteiger partial charge in [0.15, 0.2) is 12.8 Å². The van der Waals surface area contributed by atoms with Crippen LogP contribution in [-0.2, 0) is 4.74 Å². The Hall–Kier alpha value is -2.00. The quantitative estimate of drug-likeness (QED) is 0.829. The molecule has 0 spiro atoms. The van der Waals surface area contributed by atoms with Gasteiger partial charge in [0.25, 0.3) is 0 Å². The number of anilines is 2. The van der Waals surface area contributed by atoms with Crippen molar-refractivity contribution < 1.29 is 4.74 Å². The summed E-state index contributed by atoms with van der Waals surface area (Å²) in [5.74, 6) is 0. The van der Waals surface area contributed by atoms with Gasteiger partial charge in [0, 0.05) is 31.1 Å². The molecule has 0 atom stereocenters. The molecular weight excluding hydrogens is 272 g/mol. The van der Waals surface area contributed by atoms with Crippen LogP contribution < -0.4 is 9.80 Å². The highest BCUT2D eigenvalue weighted by Gasteiger charge is 2.32. The first-order chi connectivity index (χ1) is 10.9. The summed E-state index contributed by atoms with van der Waals surface area (Å²) in [4.78, 5) is 4.54. The normalized spacial score (nSPS) is 16.0. The van der Waals surface area contributed by atoms with Crippen LogP contribution in [0.2, 0.25) is 0 Å². The second kappa shape index (κ2) is 7.32. The van der Waals surface area contributed by atoms with Crippen molar-refractivity contribution in [3.05, 3.63) is 73.4 Å². The molecule has 2 aromatic rings. The molecule has 113 valence electrons. The third kappa shape index (κ3) is 3.25. The Labute approximate surface area is 133 Å². The van der Waals surface area contributed by atoms with E-state index in [9.17, 15) is 0 Å². The summed E-state index contributed by atoms with van der Waals surface area (Å²) in [6.07, 6.45) is 2.08. The molecule has 0 unspecified atom stereocenters. The van der Waals surface area contributed by atoms with Crippen molar-refractivity contribution in [2.75, 3.05) is 29.5 Å². The summed E-state index contributed by atoms with van der Waals surface area (Å²) in [5.41, 5.74) is 2.34. The predicted octanol–water partition coefficient (Wildman–Crippen LogP) is 3.97. The molecule has 0 amide bonds. The van der Waals surface area contributed by atoms with Crippen molar-refractivity contribution in [3.8, 4) is 0 Å². The zero-order chi connectivity index (χ0) is 15.2. The minimum Gasteiger partial charge on any atom is -0.364 e. The van der Waals surface area contributed by atoms with Gasteiger partial charge in [-0.1, -0.05) is 36.4 Å². The average Bonchev–Trinajstić information content (AvgIpc) is 2.61. The maximum absolute atomic E-state index is 5.51. The predicted molar refractivity (Wildman–Crippen MR) is 90.3 cm³/mol. The highest BCUT2D eigenvalue weighted by molar-refractivity contribution is 5.60. The molecule has 22 heavy (non-hydrogen) atoms. The van der Waals surface area contributed by atoms with Crippen molar-refractivity contribution in [3.63, 3.8) is 0 Å². The molecule has 0 aliphatic carbocycles. The van der Waals surface area contributed by atoms with Gasteiger partial charge in [0.05, 0.1) is 0 Å². The summed E-state index contributed by atoms with van der Waals surface area (Å²) in [5, 5.41) is 0. The van der Waals surface area contributed by atoms with Crippen molar-refractivity contribution in [1.82, 2.24) is 0 Å². The smallest absolute Gasteiger partial charge is 0.195 e. The lowest BCUT2D eigenvalue weighted by Crippen LogP contribution is -2.48. The van der Waals surface area contributed by atoms with E-state index in [0.717, 1.165) is 25.7 Å². The molecule has 1 fully saturated rings. The second-order valence-electron chi connectivity index (χ2n) is 5.19. The molecule has 2 aromatic carbocycles. The third-order valence-corrected chi connectivity index (χ3v) is 3.72. The molecular formula is C19H21N2O. The van der Waals surface area contributed by atoms with Crippen LogP contribution in [0.25, 0.3) is 0 Å². The maximum atomic E-state index is 5.51. The van der Waals surface area contributed by atoms with Crippen LogP contribution in [0.4, 0.5) is 11.4 Å². The molecule has 1 aliphatic heterocycles. The monoisotopic (exact) mass is 293 g/mol. The number of nitrogens with zero attached hydrogens (tertiary/aromatic N) is 2. The minimum absolute atomic E-state index is 0.620. The van der Waals surface area contributed by atoms with E-state index in [-0.39, 0.29) is 0 Å². The van der Waals surface area contributed by atoms with Gasteiger partial charge >= 0.3 is 0 Å². The Bertz CT molecular complexity index is 511. The standard InChI is InChI=1S/C19H21N2O/c1-2-22-16-19-20(17-10-5-3-6-11-17)14-9-15-21(19)18-12-7-4-8-13-18/h3-8,10-13H,2,9,14-15H2,1H3. The third-order valence-electron chi connectivity index (χ3n) is 3.72. The van der Waals surface area contributed by atoms with Gasteiger partial charge < -0.3 is 14.5 Å². The molecule has 3 radical (unpaired) electrons. The summed E-state index contributed by atoms with van der Waals surface area (Å²) in [6, 6.07) is 20.8. The number of rotatable bonds is 5. The molecule has 1 saturated heterocycles. The van der Waals surface area contributed by atoms with E-state index in [1.165, 1.54) is 11.4 Å². The first-order valence-electron chi connectivity index (χ1n) is 7.80. The molecule has 3 rings (SSSR count). The first kappa shape index (κ1) is 14.9. The van der Waals surface area contributed by atoms with E-state index in [2.05, 4.69) is 64.9 Å². The van der Waals surface area contributed by atoms with Crippen molar-refractivity contribution in [2.24, 2.45) is 0 Å². The Balaban J connectivity index is 1.89. The maximum Gasteiger partial charge on any atom is 0.195 e. The molecule has 0 aromatic heterocycles. The minimum atomic E-state index is 0.620. The van der Waals surface area contributed by atoms with Gasteiger partial charge in [-0.3, -0.25) is 0 Å². The largest absolute Gasteiger partial charge is 0.364 e. The molecule has 0 saturated carbocycles. The van der Waals surface area contributed by atoms with E-state index in [1.54, 1.807) is 0 Å². The average molecular weight is 293 g/mol. The van der Waals surface area contributed by atoms with Crippen LogP contribution in [0.3, 0.4) is 0 Å². The van der Waals surface area contributed by atoms with Crippen LogP contribution >= 0.6 is 0 Å². The van der Waals surface area contributed by atoms with Gasteiger partial charge in [-0.05, 0) is 37.6 Å². The zero-order valence-electron chi connectivity index (χ0n) is 12.9. The molecule has 3 nitrogen and oxygen atoms in total. The highest BCUT2D eigenvalue weighted by Crippen LogP contribution is 2.33. The molecule has 1 aliphatic rings. The van der Waals surface area contributed by atoms with Crippen molar-refractivity contribution in [2.45, 2.75) is 13.3 Å². The first-order valence-corrected chi connectivity index (χ1v) is 7.80. The van der Waals surface area contributed by atoms with E-state index in [4.69, 9.17) is 4.74 Å². The van der Waals surface area contributed by atoms with E-state index >= 15 is 0 Å². The van der Waals surface area contributed by atoms with Gasteiger partial charge in [0.2, 0.25) is 0 Å². The summed E-state index contributed by atoms with van der Waals surface area (Å²) in [6.45, 7) is 7.69. The Morgan fingerprint density at radius 2 is 1.36 bits per heavy atom. The molecule has 0 bridgehead atoms. The lowest BCUT2D eigenvalue weighted by atomic mass is 10.1. The summed E-state index contributed by atoms with van der Waals surface area (Å²) < 4.78 is 5.51. The topological polar surface area (TPSA) is 15.7 Å². The Kier molecular flexibility index (Phi) is 4.96. The van der Waals surface area contributed by atoms with Gasteiger partial charge in [-0.25, -0.2) is 0 Å². The molecule has 1 heterocycles. The fraction of sp³-hybridized carbons (Fsp3) is 0.263. The van der Waals surface area contributed by atoms with Crippen molar-refractivity contribution in [1.29, 1.82) is 0 Å². The number of hydrogen-bond donors (Lipinski definition) is 0. The summed E-state index contributed by atoms with van der Waals surface area (Å²) in [7, 11) is 0. The summed E-state index contributed by atoms with van der Waals surface area (Å²) >= 11 is 0. The number of benzene rings is 2. The van der Waals surface area contributed by atoms with Crippen molar-refractivity contribution >= 4 is 11.4 Å². The molecule has 0 N–H and O–H groups in total. The number of para-hydroxylation sites is 2. The lowest BCUT2D eigenvalue weighted by molar-refractivity contribution is 0.211. The van der Waals surface area contributed by atoms with Crippen LogP contribution in [0.15, 0.2) is 60.7 Å². The fourth-order valence-corrected chi connectivity index (χ4v) is 2.71. The van der Waals surface area contributed by atoms with Crippen LogP contribution in [-0.4, -0.2) is 19.7 Å². The number of ether oxygens (including phenoxy) is 1. The van der Waals surface area contributed by atoms with Crippen LogP contribution in [0.5, 0.6) is 0 Å². The zero-order valence-corrected chi connectivity index (χ0v) is 12.9. The highest BCUT2D eigenvalue weighted by atomic mass is 16.5. The van der Waals surface area contributed by atoms with E-state index < -0.39 is 0 Å². The Morgan fingerprint density at radius 3 is 1.82 bits per heavy atom. The van der Waals surface area contributed by atoms with Gasteiger partial charge in [0.1, 0.15) is 0 Å². The second-order valence-corrected chi connectivity index (χ2v) is 5.19. The Morgan fingerprint density at radius 1 is 0.864 bits per heavy atom. The fourth-order valence-electron chi connectivity index (χ4n) is 2.71. The van der Waals surface area contributed by atoms with Gasteiger partial charge in [-0.2, -0.15) is 0 Å². The van der Waals surface area contributed by atoms with E-state index in [1.807, 2.05) is 19.1 Å². The van der Waals surface area contributed by atoms with Crippen LogP contribution in [0, 0.1) is 12.8 Å². The SMILES string of the molecule is CCO[C][C]1N(c2ccccc2)CCCN1c1ccccc1. The lowest BCUT2D eigenvalue weighted by Gasteiger charge is -2.44. The molecule has 3 heteroatoms. The van der Waals surface area contributed by atoms with Gasteiger partial charge in [-0.15, -0.1) is 0 Å². The van der Waals surface area contributed by atoms with E-state index in [0.29, 0.717) is 6.61 Å². The number of hydrogen-bond acceptors (Lipinski definition) is 3. The van der Waals surface area contributed by atoms with Crippen LogP contribution in [0.1, 0.15) is 13.3 Å².